The van der Waals surface area contributed by atoms with E-state index in [4.69, 9.17) is 0 Å². The Morgan fingerprint density at radius 3 is 2.65 bits per heavy atom. The molecule has 2 aromatic carbocycles. The average molecular weight is 228 g/mol. The van der Waals surface area contributed by atoms with Gasteiger partial charge in [0.2, 0.25) is 0 Å². The second-order valence-electron chi connectivity index (χ2n) is 4.80. The summed E-state index contributed by atoms with van der Waals surface area (Å²) in [6.07, 6.45) is 3.98. The van der Waals surface area contributed by atoms with E-state index >= 15 is 0 Å². The largest absolute Gasteiger partial charge is 0.302 e. The van der Waals surface area contributed by atoms with Crippen LogP contribution in [0.1, 0.15) is 24.8 Å². The van der Waals surface area contributed by atoms with Gasteiger partial charge in [0.15, 0.2) is 0 Å². The van der Waals surface area contributed by atoms with Crippen molar-refractivity contribution in [3.8, 4) is 0 Å². The fourth-order valence-corrected chi connectivity index (χ4v) is 2.70. The molecule has 0 N–H and O–H groups in total. The summed E-state index contributed by atoms with van der Waals surface area (Å²) < 4.78 is 13.2. The van der Waals surface area contributed by atoms with E-state index in [1.807, 2.05) is 18.2 Å². The Hall–Kier alpha value is -1.70. The summed E-state index contributed by atoms with van der Waals surface area (Å²) in [5.41, 5.74) is 0.730. The van der Waals surface area contributed by atoms with Gasteiger partial charge in [0.1, 0.15) is 12.1 Å². The Labute approximate surface area is 99.3 Å². The lowest BCUT2D eigenvalue weighted by atomic mass is 9.64. The van der Waals surface area contributed by atoms with E-state index in [2.05, 4.69) is 0 Å². The van der Waals surface area contributed by atoms with Gasteiger partial charge in [-0.05, 0) is 41.3 Å². The number of benzene rings is 2. The van der Waals surface area contributed by atoms with Gasteiger partial charge in [-0.15, -0.1) is 0 Å². The number of aldehydes is 1. The fraction of sp³-hybridized carbons (Fsp3) is 0.267. The molecule has 0 amide bonds. The molecule has 2 aromatic rings. The minimum Gasteiger partial charge on any atom is -0.302 e. The van der Waals surface area contributed by atoms with Crippen molar-refractivity contribution in [1.29, 1.82) is 0 Å². The van der Waals surface area contributed by atoms with E-state index in [1.165, 1.54) is 12.1 Å². The normalized spacial score (nSPS) is 17.7. The Balaban J connectivity index is 2.26. The zero-order valence-corrected chi connectivity index (χ0v) is 9.45. The van der Waals surface area contributed by atoms with Gasteiger partial charge in [-0.3, -0.25) is 0 Å². The summed E-state index contributed by atoms with van der Waals surface area (Å²) >= 11 is 0. The van der Waals surface area contributed by atoms with Crippen molar-refractivity contribution in [3.05, 3.63) is 47.8 Å². The summed E-state index contributed by atoms with van der Waals surface area (Å²) in [5.74, 6) is -0.233. The van der Waals surface area contributed by atoms with Crippen molar-refractivity contribution in [2.45, 2.75) is 24.7 Å². The third-order valence-corrected chi connectivity index (χ3v) is 3.85. The predicted octanol–water partition coefficient (Wildman–Crippen LogP) is 3.60. The van der Waals surface area contributed by atoms with Crippen LogP contribution in [0.25, 0.3) is 10.8 Å². The molecule has 0 bridgehead atoms. The zero-order valence-electron chi connectivity index (χ0n) is 9.45. The molecule has 0 aromatic heterocycles. The van der Waals surface area contributed by atoms with E-state index in [0.717, 1.165) is 41.9 Å². The van der Waals surface area contributed by atoms with Crippen LogP contribution in [0.5, 0.6) is 0 Å². The molecular weight excluding hydrogens is 215 g/mol. The second kappa shape index (κ2) is 3.66. The molecular formula is C15H13FO. The average Bonchev–Trinajstić information content (AvgIpc) is 2.28. The molecule has 1 fully saturated rings. The topological polar surface area (TPSA) is 17.1 Å². The molecule has 1 saturated carbocycles. The molecule has 0 aliphatic heterocycles. The number of fused-ring (bicyclic) bond motifs is 1. The summed E-state index contributed by atoms with van der Waals surface area (Å²) in [6, 6.07) is 10.6. The second-order valence-corrected chi connectivity index (χ2v) is 4.80. The summed E-state index contributed by atoms with van der Waals surface area (Å²) in [4.78, 5) is 11.3. The van der Waals surface area contributed by atoms with Crippen LogP contribution in [0.2, 0.25) is 0 Å². The predicted molar refractivity (Wildman–Crippen MR) is 65.5 cm³/mol. The van der Waals surface area contributed by atoms with Gasteiger partial charge < -0.3 is 4.79 Å². The first kappa shape index (κ1) is 10.5. The number of carbonyl (C=O) groups excluding carboxylic acids is 1. The molecule has 1 aliphatic carbocycles. The minimum atomic E-state index is -0.322. The van der Waals surface area contributed by atoms with Crippen molar-refractivity contribution >= 4 is 17.1 Å². The lowest BCUT2D eigenvalue weighted by Crippen LogP contribution is -2.35. The lowest BCUT2D eigenvalue weighted by Gasteiger charge is -2.37. The van der Waals surface area contributed by atoms with Crippen LogP contribution < -0.4 is 0 Å². The molecule has 0 heterocycles. The molecule has 17 heavy (non-hydrogen) atoms. The number of carbonyl (C=O) groups is 1. The first-order chi connectivity index (χ1) is 8.25. The van der Waals surface area contributed by atoms with Gasteiger partial charge in [-0.25, -0.2) is 4.39 Å². The molecule has 0 atom stereocenters. The number of hydrogen-bond donors (Lipinski definition) is 0. The molecule has 1 aliphatic rings. The van der Waals surface area contributed by atoms with Crippen LogP contribution in [0.15, 0.2) is 36.4 Å². The lowest BCUT2D eigenvalue weighted by molar-refractivity contribution is -0.115. The summed E-state index contributed by atoms with van der Waals surface area (Å²) in [5, 5.41) is 1.87. The zero-order chi connectivity index (χ0) is 11.9. The van der Waals surface area contributed by atoms with Crippen LogP contribution in [0.3, 0.4) is 0 Å². The van der Waals surface area contributed by atoms with Gasteiger partial charge in [0.05, 0.1) is 5.41 Å². The van der Waals surface area contributed by atoms with Gasteiger partial charge in [0.25, 0.3) is 0 Å². The monoisotopic (exact) mass is 228 g/mol. The minimum absolute atomic E-state index is 0.233. The fourth-order valence-electron chi connectivity index (χ4n) is 2.70. The van der Waals surface area contributed by atoms with E-state index in [0.29, 0.717) is 0 Å². The van der Waals surface area contributed by atoms with E-state index in [-0.39, 0.29) is 11.2 Å². The Morgan fingerprint density at radius 2 is 2.00 bits per heavy atom. The van der Waals surface area contributed by atoms with Gasteiger partial charge in [-0.2, -0.15) is 0 Å². The summed E-state index contributed by atoms with van der Waals surface area (Å²) in [6.45, 7) is 0. The van der Waals surface area contributed by atoms with Crippen LogP contribution in [0.4, 0.5) is 4.39 Å². The van der Waals surface area contributed by atoms with Crippen LogP contribution in [0, 0.1) is 5.82 Å². The standard InChI is InChI=1S/C15H13FO/c16-12-5-6-13-11(9-12)3-1-4-14(13)15(10-17)7-2-8-15/h1,3-6,9-10H,2,7-8H2. The maximum Gasteiger partial charge on any atom is 0.130 e. The maximum absolute atomic E-state index is 13.2. The highest BCUT2D eigenvalue weighted by atomic mass is 19.1. The van der Waals surface area contributed by atoms with E-state index in [9.17, 15) is 9.18 Å². The summed E-state index contributed by atoms with van der Waals surface area (Å²) in [7, 11) is 0. The molecule has 3 rings (SSSR count). The highest BCUT2D eigenvalue weighted by Crippen LogP contribution is 2.44. The molecule has 1 nitrogen and oxygen atoms in total. The van der Waals surface area contributed by atoms with Crippen LogP contribution in [-0.4, -0.2) is 6.29 Å². The van der Waals surface area contributed by atoms with Gasteiger partial charge >= 0.3 is 0 Å². The Morgan fingerprint density at radius 1 is 1.18 bits per heavy atom. The third-order valence-electron chi connectivity index (χ3n) is 3.85. The smallest absolute Gasteiger partial charge is 0.130 e. The van der Waals surface area contributed by atoms with Crippen LogP contribution >= 0.6 is 0 Å². The van der Waals surface area contributed by atoms with Gasteiger partial charge in [-0.1, -0.05) is 30.7 Å². The van der Waals surface area contributed by atoms with Crippen molar-refractivity contribution in [2.75, 3.05) is 0 Å². The van der Waals surface area contributed by atoms with Gasteiger partial charge in [0, 0.05) is 0 Å². The molecule has 0 saturated heterocycles. The number of hydrogen-bond acceptors (Lipinski definition) is 1. The molecule has 0 spiro atoms. The van der Waals surface area contributed by atoms with Crippen LogP contribution in [-0.2, 0) is 10.2 Å². The number of rotatable bonds is 2. The highest BCUT2D eigenvalue weighted by molar-refractivity contribution is 5.90. The molecule has 0 radical (unpaired) electrons. The number of halogens is 1. The first-order valence-corrected chi connectivity index (χ1v) is 5.90. The third kappa shape index (κ3) is 1.47. The molecule has 2 heteroatoms. The maximum atomic E-state index is 13.2. The van der Waals surface area contributed by atoms with E-state index in [1.54, 1.807) is 6.07 Å². The Kier molecular flexibility index (Phi) is 2.25. The van der Waals surface area contributed by atoms with E-state index < -0.39 is 0 Å². The van der Waals surface area contributed by atoms with Crippen molar-refractivity contribution in [1.82, 2.24) is 0 Å². The van der Waals surface area contributed by atoms with Crippen molar-refractivity contribution in [2.24, 2.45) is 0 Å². The molecule has 86 valence electrons. The Bertz CT molecular complexity index is 584. The first-order valence-electron chi connectivity index (χ1n) is 5.90. The quantitative estimate of drug-likeness (QED) is 0.718. The SMILES string of the molecule is O=CC1(c2cccc3cc(F)ccc23)CCC1. The van der Waals surface area contributed by atoms with Crippen molar-refractivity contribution in [3.63, 3.8) is 0 Å². The van der Waals surface area contributed by atoms with Crippen molar-refractivity contribution < 1.29 is 9.18 Å². The highest BCUT2D eigenvalue weighted by Gasteiger charge is 2.39. The molecule has 0 unspecified atom stereocenters.